The van der Waals surface area contributed by atoms with Gasteiger partial charge in [0.05, 0.1) is 17.4 Å². The summed E-state index contributed by atoms with van der Waals surface area (Å²) in [4.78, 5) is 2.43. The first-order valence-electron chi connectivity index (χ1n) is 9.03. The average Bonchev–Trinajstić information content (AvgIpc) is 3.36. The summed E-state index contributed by atoms with van der Waals surface area (Å²) < 4.78 is 13.0. The molecule has 1 spiro atoms. The number of ether oxygens (including phenoxy) is 2. The first kappa shape index (κ1) is 16.3. The van der Waals surface area contributed by atoms with Gasteiger partial charge in [0.25, 0.3) is 0 Å². The molecule has 2 atom stereocenters. The van der Waals surface area contributed by atoms with Gasteiger partial charge in [-0.2, -0.15) is 0 Å². The Morgan fingerprint density at radius 3 is 2.85 bits per heavy atom. The summed E-state index contributed by atoms with van der Waals surface area (Å²) in [6.45, 7) is 3.77. The van der Waals surface area contributed by atoms with E-state index in [1.54, 1.807) is 0 Å². The molecule has 6 heteroatoms. The number of para-hydroxylation sites is 1. The van der Waals surface area contributed by atoms with Gasteiger partial charge in [0.2, 0.25) is 6.79 Å². The zero-order valence-corrected chi connectivity index (χ0v) is 15.3. The van der Waals surface area contributed by atoms with Crippen molar-refractivity contribution in [2.45, 2.75) is 23.8 Å². The number of fused-ring (bicyclic) bond motifs is 1. The Morgan fingerprint density at radius 2 is 1.96 bits per heavy atom. The number of anilines is 1. The van der Waals surface area contributed by atoms with Crippen molar-refractivity contribution in [3.05, 3.63) is 54.1 Å². The lowest BCUT2D eigenvalue weighted by molar-refractivity contribution is 0.145. The van der Waals surface area contributed by atoms with Crippen LogP contribution in [0.2, 0.25) is 0 Å². The van der Waals surface area contributed by atoms with E-state index in [1.165, 1.54) is 11.3 Å². The summed E-state index contributed by atoms with van der Waals surface area (Å²) >= 11 is 1.81. The van der Waals surface area contributed by atoms with E-state index in [2.05, 4.69) is 33.5 Å². The predicted molar refractivity (Wildman–Crippen MR) is 103 cm³/mol. The molecule has 0 radical (unpaired) electrons. The van der Waals surface area contributed by atoms with Crippen molar-refractivity contribution in [3.8, 4) is 11.5 Å². The fraction of sp³-hybridized carbons (Fsp3) is 0.400. The van der Waals surface area contributed by atoms with Crippen molar-refractivity contribution >= 4 is 17.6 Å². The molecule has 2 saturated heterocycles. The highest BCUT2D eigenvalue weighted by Crippen LogP contribution is 2.48. The summed E-state index contributed by atoms with van der Waals surface area (Å²) in [5.74, 6) is 1.66. The van der Waals surface area contributed by atoms with Gasteiger partial charge >= 0.3 is 0 Å². The van der Waals surface area contributed by atoms with Crippen molar-refractivity contribution < 1.29 is 14.6 Å². The molecule has 0 aliphatic carbocycles. The standard InChI is InChI=1S/C20H22N2O3S/c23-19-12-22(16-4-2-1-3-5-16)26-20(19)8-9-21(13-20)11-15-6-7-17-18(10-15)25-14-24-17/h1-7,10,19,23H,8-9,11-14H2/t19-,20+/m0/s1. The number of β-amino-alcohol motifs (C(OH)–C–C–N with tert-alkyl or cyclic N) is 1. The molecule has 0 bridgehead atoms. The van der Waals surface area contributed by atoms with E-state index in [0.717, 1.165) is 37.6 Å². The summed E-state index contributed by atoms with van der Waals surface area (Å²) in [7, 11) is 0. The largest absolute Gasteiger partial charge is 0.454 e. The molecule has 0 amide bonds. The van der Waals surface area contributed by atoms with Crippen molar-refractivity contribution in [2.75, 3.05) is 30.7 Å². The second-order valence-corrected chi connectivity index (χ2v) is 8.65. The third-order valence-corrected chi connectivity index (χ3v) is 7.02. The second-order valence-electron chi connectivity index (χ2n) is 7.22. The van der Waals surface area contributed by atoms with Gasteiger partial charge in [-0.15, -0.1) is 0 Å². The van der Waals surface area contributed by atoms with Crippen LogP contribution in [0, 0.1) is 0 Å². The summed E-state index contributed by atoms with van der Waals surface area (Å²) in [5.41, 5.74) is 2.39. The summed E-state index contributed by atoms with van der Waals surface area (Å²) in [6.07, 6.45) is 0.696. The van der Waals surface area contributed by atoms with Gasteiger partial charge in [-0.25, -0.2) is 0 Å². The molecule has 26 heavy (non-hydrogen) atoms. The van der Waals surface area contributed by atoms with E-state index in [-0.39, 0.29) is 10.9 Å². The van der Waals surface area contributed by atoms with Crippen LogP contribution in [0.3, 0.4) is 0 Å². The van der Waals surface area contributed by atoms with E-state index in [4.69, 9.17) is 9.47 Å². The normalized spacial score (nSPS) is 27.6. The van der Waals surface area contributed by atoms with E-state index in [9.17, 15) is 5.11 Å². The maximum absolute atomic E-state index is 10.8. The molecule has 0 unspecified atom stereocenters. The SMILES string of the molecule is O[C@H]1CN(c2ccccc2)S[C@@]12CCN(Cc1ccc3c(c1)OCO3)C2. The molecular weight excluding hydrogens is 348 g/mol. The zero-order valence-electron chi connectivity index (χ0n) is 14.5. The van der Waals surface area contributed by atoms with Crippen LogP contribution in [0.25, 0.3) is 0 Å². The van der Waals surface area contributed by atoms with Crippen LogP contribution in [0.1, 0.15) is 12.0 Å². The Hall–Kier alpha value is -1.89. The topological polar surface area (TPSA) is 45.2 Å². The van der Waals surface area contributed by atoms with Crippen LogP contribution in [0.4, 0.5) is 5.69 Å². The van der Waals surface area contributed by atoms with Gasteiger partial charge < -0.3 is 18.9 Å². The average molecular weight is 370 g/mol. The lowest BCUT2D eigenvalue weighted by atomic mass is 10.0. The minimum atomic E-state index is -0.311. The predicted octanol–water partition coefficient (Wildman–Crippen LogP) is 2.89. The van der Waals surface area contributed by atoms with Crippen LogP contribution in [0.5, 0.6) is 11.5 Å². The number of aliphatic hydroxyl groups excluding tert-OH is 1. The Morgan fingerprint density at radius 1 is 1.12 bits per heavy atom. The molecule has 2 fully saturated rings. The number of rotatable bonds is 3. The monoisotopic (exact) mass is 370 g/mol. The smallest absolute Gasteiger partial charge is 0.231 e. The number of hydrogen-bond acceptors (Lipinski definition) is 6. The van der Waals surface area contributed by atoms with Crippen LogP contribution in [-0.4, -0.2) is 47.3 Å². The minimum Gasteiger partial charge on any atom is -0.454 e. The Labute approximate surface area is 157 Å². The molecule has 5 rings (SSSR count). The molecular formula is C20H22N2O3S. The lowest BCUT2D eigenvalue weighted by Crippen LogP contribution is -2.39. The molecule has 3 aliphatic heterocycles. The minimum absolute atomic E-state index is 0.105. The molecule has 0 aromatic heterocycles. The lowest BCUT2D eigenvalue weighted by Gasteiger charge is -2.26. The van der Waals surface area contributed by atoms with Gasteiger partial charge in [0, 0.05) is 25.3 Å². The van der Waals surface area contributed by atoms with E-state index < -0.39 is 0 Å². The van der Waals surface area contributed by atoms with Gasteiger partial charge in [0.1, 0.15) is 0 Å². The first-order valence-corrected chi connectivity index (χ1v) is 9.80. The third kappa shape index (κ3) is 2.82. The van der Waals surface area contributed by atoms with Crippen molar-refractivity contribution in [1.29, 1.82) is 0 Å². The first-order chi connectivity index (χ1) is 12.7. The van der Waals surface area contributed by atoms with Gasteiger partial charge in [0.15, 0.2) is 11.5 Å². The maximum Gasteiger partial charge on any atom is 0.231 e. The number of hydrogen-bond donors (Lipinski definition) is 1. The molecule has 3 aliphatic rings. The number of nitrogens with zero attached hydrogens (tertiary/aromatic N) is 2. The molecule has 3 heterocycles. The maximum atomic E-state index is 10.8. The molecule has 2 aromatic rings. The van der Waals surface area contributed by atoms with Gasteiger partial charge in [-0.1, -0.05) is 24.3 Å². The molecule has 0 saturated carbocycles. The quantitative estimate of drug-likeness (QED) is 0.839. The Bertz CT molecular complexity index is 803. The fourth-order valence-electron chi connectivity index (χ4n) is 4.06. The van der Waals surface area contributed by atoms with Gasteiger partial charge in [-0.05, 0) is 48.2 Å². The van der Waals surface area contributed by atoms with E-state index in [0.29, 0.717) is 13.3 Å². The molecule has 5 nitrogen and oxygen atoms in total. The zero-order chi connectivity index (χ0) is 17.6. The molecule has 136 valence electrons. The molecule has 1 N–H and O–H groups in total. The number of aliphatic hydroxyl groups is 1. The fourth-order valence-corrected chi connectivity index (χ4v) is 5.56. The van der Waals surface area contributed by atoms with Crippen LogP contribution < -0.4 is 13.8 Å². The van der Waals surface area contributed by atoms with Crippen LogP contribution in [-0.2, 0) is 6.54 Å². The highest BCUT2D eigenvalue weighted by atomic mass is 32.2. The highest BCUT2D eigenvalue weighted by molar-refractivity contribution is 8.02. The summed E-state index contributed by atoms with van der Waals surface area (Å²) in [5, 5.41) is 10.8. The number of likely N-dealkylation sites (tertiary alicyclic amines) is 1. The van der Waals surface area contributed by atoms with Gasteiger partial charge in [-0.3, -0.25) is 4.90 Å². The third-order valence-electron chi connectivity index (χ3n) is 5.47. The van der Waals surface area contributed by atoms with E-state index in [1.807, 2.05) is 36.2 Å². The van der Waals surface area contributed by atoms with Crippen molar-refractivity contribution in [2.24, 2.45) is 0 Å². The van der Waals surface area contributed by atoms with Crippen molar-refractivity contribution in [1.82, 2.24) is 4.90 Å². The Kier molecular flexibility index (Phi) is 3.99. The van der Waals surface area contributed by atoms with Crippen LogP contribution >= 0.6 is 11.9 Å². The van der Waals surface area contributed by atoms with Crippen molar-refractivity contribution in [3.63, 3.8) is 0 Å². The molecule has 2 aromatic carbocycles. The Balaban J connectivity index is 1.28. The van der Waals surface area contributed by atoms with E-state index >= 15 is 0 Å². The summed E-state index contributed by atoms with van der Waals surface area (Å²) in [6, 6.07) is 16.5. The highest BCUT2D eigenvalue weighted by Gasteiger charge is 2.51. The van der Waals surface area contributed by atoms with Crippen LogP contribution in [0.15, 0.2) is 48.5 Å². The second kappa shape index (κ2) is 6.37. The number of benzene rings is 2.